The lowest BCUT2D eigenvalue weighted by atomic mass is 10.2. The number of carbonyl (C=O) groups excluding carboxylic acids is 1. The van der Waals surface area contributed by atoms with Crippen LogP contribution in [0.1, 0.15) is 11.1 Å². The largest absolute Gasteiger partial charge is 0.454 e. The summed E-state index contributed by atoms with van der Waals surface area (Å²) in [5.74, 6) is 2.43. The molecule has 2 aliphatic rings. The predicted octanol–water partition coefficient (Wildman–Crippen LogP) is 2.30. The molecule has 0 saturated carbocycles. The first kappa shape index (κ1) is 21.6. The van der Waals surface area contributed by atoms with Crippen LogP contribution in [0.15, 0.2) is 53.7 Å². The van der Waals surface area contributed by atoms with E-state index in [0.717, 1.165) is 41.1 Å². The Balaban J connectivity index is 1.23. The Morgan fingerprint density at radius 1 is 1.00 bits per heavy atom. The minimum atomic E-state index is -0.0696. The maximum absolute atomic E-state index is 12.5. The van der Waals surface area contributed by atoms with E-state index >= 15 is 0 Å². The quantitative estimate of drug-likeness (QED) is 0.505. The van der Waals surface area contributed by atoms with Gasteiger partial charge < -0.3 is 24.4 Å². The van der Waals surface area contributed by atoms with Crippen molar-refractivity contribution in [3.8, 4) is 11.5 Å². The van der Waals surface area contributed by atoms with Gasteiger partial charge in [0.2, 0.25) is 18.6 Å². The van der Waals surface area contributed by atoms with Gasteiger partial charge in [0.05, 0.1) is 25.5 Å². The van der Waals surface area contributed by atoms with Crippen LogP contribution in [-0.4, -0.2) is 59.5 Å². The van der Waals surface area contributed by atoms with Crippen molar-refractivity contribution >= 4 is 23.6 Å². The third-order valence-corrected chi connectivity index (χ3v) is 6.40. The smallest absolute Gasteiger partial charge is 0.231 e. The number of carbonyl (C=O) groups is 1. The third kappa shape index (κ3) is 5.23. The van der Waals surface area contributed by atoms with Crippen LogP contribution in [0.2, 0.25) is 0 Å². The van der Waals surface area contributed by atoms with Gasteiger partial charge >= 0.3 is 0 Å². The summed E-state index contributed by atoms with van der Waals surface area (Å²) in [6, 6.07) is 15.9. The number of thioether (sulfide) groups is 1. The molecule has 10 heteroatoms. The van der Waals surface area contributed by atoms with Crippen LogP contribution in [0.4, 0.5) is 5.95 Å². The summed E-state index contributed by atoms with van der Waals surface area (Å²) in [5.41, 5.74) is 2.11. The fourth-order valence-electron chi connectivity index (χ4n) is 3.72. The summed E-state index contributed by atoms with van der Waals surface area (Å²) in [7, 11) is 0. The van der Waals surface area contributed by atoms with Gasteiger partial charge in [0.1, 0.15) is 0 Å². The molecule has 33 heavy (non-hydrogen) atoms. The summed E-state index contributed by atoms with van der Waals surface area (Å²) in [6.45, 7) is 4.18. The average molecular weight is 468 g/mol. The van der Waals surface area contributed by atoms with Crippen molar-refractivity contribution in [1.82, 2.24) is 20.1 Å². The number of morpholine rings is 1. The van der Waals surface area contributed by atoms with E-state index in [4.69, 9.17) is 14.2 Å². The molecule has 172 valence electrons. The van der Waals surface area contributed by atoms with Crippen molar-refractivity contribution < 1.29 is 19.0 Å². The van der Waals surface area contributed by atoms with Crippen LogP contribution in [0.25, 0.3) is 0 Å². The summed E-state index contributed by atoms with van der Waals surface area (Å²) in [5, 5.41) is 12.5. The molecule has 0 radical (unpaired) electrons. The van der Waals surface area contributed by atoms with Gasteiger partial charge in [0.15, 0.2) is 16.7 Å². The van der Waals surface area contributed by atoms with Gasteiger partial charge in [-0.25, -0.2) is 0 Å². The summed E-state index contributed by atoms with van der Waals surface area (Å²) >= 11 is 1.39. The fourth-order valence-corrected chi connectivity index (χ4v) is 4.48. The summed E-state index contributed by atoms with van der Waals surface area (Å²) in [6.07, 6.45) is 0. The van der Waals surface area contributed by atoms with Gasteiger partial charge in [0.25, 0.3) is 0 Å². The van der Waals surface area contributed by atoms with Crippen molar-refractivity contribution in [1.29, 1.82) is 0 Å². The number of fused-ring (bicyclic) bond motifs is 1. The SMILES string of the molecule is O=C(CSc1nnc(N2CCOCC2)n1Cc1ccccc1)NCc1ccc2c(c1)OCO2. The van der Waals surface area contributed by atoms with Gasteiger partial charge in [-0.05, 0) is 23.3 Å². The molecule has 3 heterocycles. The monoisotopic (exact) mass is 467 g/mol. The highest BCUT2D eigenvalue weighted by atomic mass is 32.2. The number of benzene rings is 2. The second kappa shape index (κ2) is 10.1. The van der Waals surface area contributed by atoms with E-state index in [1.165, 1.54) is 11.8 Å². The van der Waals surface area contributed by atoms with E-state index in [0.29, 0.717) is 32.1 Å². The van der Waals surface area contributed by atoms with Crippen molar-refractivity contribution in [2.75, 3.05) is 43.7 Å². The Kier molecular flexibility index (Phi) is 6.63. The number of nitrogens with one attached hydrogen (secondary N) is 1. The Hall–Kier alpha value is -3.24. The van der Waals surface area contributed by atoms with Gasteiger partial charge in [-0.3, -0.25) is 9.36 Å². The highest BCUT2D eigenvalue weighted by Crippen LogP contribution is 2.32. The number of amides is 1. The molecule has 1 N–H and O–H groups in total. The molecule has 0 aliphatic carbocycles. The van der Waals surface area contributed by atoms with Gasteiger partial charge in [-0.15, -0.1) is 10.2 Å². The molecule has 2 aromatic carbocycles. The van der Waals surface area contributed by atoms with E-state index in [1.54, 1.807) is 0 Å². The minimum absolute atomic E-state index is 0.0696. The van der Waals surface area contributed by atoms with E-state index < -0.39 is 0 Å². The lowest BCUT2D eigenvalue weighted by molar-refractivity contribution is -0.118. The molecule has 5 rings (SSSR count). The van der Waals surface area contributed by atoms with Crippen molar-refractivity contribution in [2.24, 2.45) is 0 Å². The van der Waals surface area contributed by atoms with Crippen LogP contribution >= 0.6 is 11.8 Å². The fraction of sp³-hybridized carbons (Fsp3) is 0.348. The van der Waals surface area contributed by atoms with Gasteiger partial charge in [-0.1, -0.05) is 48.2 Å². The molecular weight excluding hydrogens is 442 g/mol. The Morgan fingerprint density at radius 2 is 1.82 bits per heavy atom. The zero-order valence-electron chi connectivity index (χ0n) is 18.1. The van der Waals surface area contributed by atoms with E-state index in [1.807, 2.05) is 36.4 Å². The third-order valence-electron chi connectivity index (χ3n) is 5.43. The van der Waals surface area contributed by atoms with Gasteiger partial charge in [0, 0.05) is 19.6 Å². The van der Waals surface area contributed by atoms with E-state index in [-0.39, 0.29) is 18.5 Å². The number of nitrogens with zero attached hydrogens (tertiary/aromatic N) is 4. The number of aromatic nitrogens is 3. The average Bonchev–Trinajstić information content (AvgIpc) is 3.49. The maximum atomic E-state index is 12.5. The lowest BCUT2D eigenvalue weighted by Gasteiger charge is -2.28. The second-order valence-electron chi connectivity index (χ2n) is 7.71. The zero-order valence-corrected chi connectivity index (χ0v) is 18.9. The van der Waals surface area contributed by atoms with E-state index in [9.17, 15) is 4.79 Å². The molecule has 1 amide bonds. The standard InChI is InChI=1S/C23H25N5O4S/c29-21(24-13-18-6-7-19-20(12-18)32-16-31-19)15-33-23-26-25-22(27-8-10-30-11-9-27)28(23)14-17-4-2-1-3-5-17/h1-7,12H,8-11,13-16H2,(H,24,29). The Labute approximate surface area is 196 Å². The molecule has 0 atom stereocenters. The molecular formula is C23H25N5O4S. The molecule has 0 bridgehead atoms. The highest BCUT2D eigenvalue weighted by Gasteiger charge is 2.21. The summed E-state index contributed by atoms with van der Waals surface area (Å²) < 4.78 is 18.3. The molecule has 9 nitrogen and oxygen atoms in total. The molecule has 3 aromatic rings. The number of hydrogen-bond acceptors (Lipinski definition) is 8. The first-order chi connectivity index (χ1) is 16.3. The van der Waals surface area contributed by atoms with Crippen LogP contribution in [0, 0.1) is 0 Å². The van der Waals surface area contributed by atoms with Gasteiger partial charge in [-0.2, -0.15) is 0 Å². The number of rotatable bonds is 8. The number of hydrogen-bond donors (Lipinski definition) is 1. The molecule has 1 saturated heterocycles. The van der Waals surface area contributed by atoms with Crippen molar-refractivity contribution in [2.45, 2.75) is 18.2 Å². The zero-order chi connectivity index (χ0) is 22.5. The first-order valence-corrected chi connectivity index (χ1v) is 11.8. The highest BCUT2D eigenvalue weighted by molar-refractivity contribution is 7.99. The van der Waals surface area contributed by atoms with Crippen LogP contribution in [0.5, 0.6) is 11.5 Å². The van der Waals surface area contributed by atoms with Crippen LogP contribution in [0.3, 0.4) is 0 Å². The van der Waals surface area contributed by atoms with E-state index in [2.05, 4.69) is 37.1 Å². The number of ether oxygens (including phenoxy) is 3. The van der Waals surface area contributed by atoms with Crippen LogP contribution in [-0.2, 0) is 22.6 Å². The van der Waals surface area contributed by atoms with Crippen LogP contribution < -0.4 is 19.7 Å². The Morgan fingerprint density at radius 3 is 2.67 bits per heavy atom. The molecule has 2 aliphatic heterocycles. The Bertz CT molecular complexity index is 1100. The normalized spacial score (nSPS) is 15.0. The number of anilines is 1. The molecule has 1 aromatic heterocycles. The minimum Gasteiger partial charge on any atom is -0.454 e. The topological polar surface area (TPSA) is 90.7 Å². The predicted molar refractivity (Wildman–Crippen MR) is 124 cm³/mol. The molecule has 0 spiro atoms. The maximum Gasteiger partial charge on any atom is 0.231 e. The molecule has 1 fully saturated rings. The molecule has 0 unspecified atom stereocenters. The van der Waals surface area contributed by atoms with Crippen molar-refractivity contribution in [3.63, 3.8) is 0 Å². The van der Waals surface area contributed by atoms with Crippen molar-refractivity contribution in [3.05, 3.63) is 59.7 Å². The summed E-state index contributed by atoms with van der Waals surface area (Å²) in [4.78, 5) is 14.7. The lowest BCUT2D eigenvalue weighted by Crippen LogP contribution is -2.38. The first-order valence-electron chi connectivity index (χ1n) is 10.8. The second-order valence-corrected chi connectivity index (χ2v) is 8.65.